The van der Waals surface area contributed by atoms with E-state index in [1.54, 1.807) is 0 Å². The Morgan fingerprint density at radius 3 is 1.52 bits per heavy atom. The van der Waals surface area contributed by atoms with E-state index in [4.69, 9.17) is 4.42 Å². The Kier molecular flexibility index (Phi) is 11.1. The van der Waals surface area contributed by atoms with Gasteiger partial charge < -0.3 is 19.1 Å². The van der Waals surface area contributed by atoms with Crippen LogP contribution in [-0.2, 0) is 27.1 Å². The molecule has 5 heteroatoms. The van der Waals surface area contributed by atoms with Gasteiger partial charge in [0.1, 0.15) is 5.58 Å². The molecule has 0 fully saturated rings. The van der Waals surface area contributed by atoms with E-state index >= 15 is 0 Å². The van der Waals surface area contributed by atoms with E-state index in [-0.39, 0.29) is 33.8 Å². The summed E-state index contributed by atoms with van der Waals surface area (Å²) in [7, 11) is 0. The van der Waals surface area contributed by atoms with Crippen molar-refractivity contribution in [2.45, 2.75) is 130 Å². The van der Waals surface area contributed by atoms with Gasteiger partial charge in [0.05, 0.1) is 22.7 Å². The van der Waals surface area contributed by atoms with E-state index in [2.05, 4.69) is 281 Å². The van der Waals surface area contributed by atoms with Crippen molar-refractivity contribution in [2.75, 3.05) is 14.7 Å². The van der Waals surface area contributed by atoms with Crippen LogP contribution in [0.1, 0.15) is 131 Å². The van der Waals surface area contributed by atoms with Gasteiger partial charge in [0, 0.05) is 45.1 Å². The van der Waals surface area contributed by atoms with Gasteiger partial charge in [-0.2, -0.15) is 0 Å². The smallest absolute Gasteiger partial charge is 0.297 e. The molecule has 2 aliphatic heterocycles. The standard InChI is InChI=1S/C70H72BN3O/c1-66(2,3)46-29-33-51(34-30-46)73-60-41-52(72(49-25-19-15-20-26-49)50-27-21-16-22-28-50)42-61-63(60)71(65-64(73)54-43-55-56(44-62(54)75-65)70(12,13)38-37-69(55,10)11)57-40-48(68(7,8)9)32-36-59(57)74(61)58-35-31-47(67(4,5)6)39-53(58)45-23-17-14-18-24-45/h14-36,39-44H,37-38H2,1-13H3. The Balaban J connectivity index is 1.26. The predicted octanol–water partition coefficient (Wildman–Crippen LogP) is 17.9. The summed E-state index contributed by atoms with van der Waals surface area (Å²) in [6, 6.07) is 66.6. The van der Waals surface area contributed by atoms with Gasteiger partial charge in [-0.3, -0.25) is 0 Å². The summed E-state index contributed by atoms with van der Waals surface area (Å²) in [6.45, 7) is 30.4. The molecule has 4 nitrogen and oxygen atoms in total. The van der Waals surface area contributed by atoms with Crippen LogP contribution < -0.4 is 31.3 Å². The Bertz CT molecular complexity index is 3620. The minimum atomic E-state index is -0.223. The second-order valence-corrected chi connectivity index (χ2v) is 26.2. The number of anilines is 9. The van der Waals surface area contributed by atoms with Crippen molar-refractivity contribution < 1.29 is 4.42 Å². The number of hydrogen-bond acceptors (Lipinski definition) is 4. The normalized spacial score (nSPS) is 15.6. The number of nitrogens with zero attached hydrogens (tertiary/aromatic N) is 3. The van der Waals surface area contributed by atoms with Crippen molar-refractivity contribution in [2.24, 2.45) is 0 Å². The van der Waals surface area contributed by atoms with Crippen LogP contribution in [0.2, 0.25) is 0 Å². The monoisotopic (exact) mass is 982 g/mol. The molecule has 3 aliphatic rings. The molecule has 8 aromatic carbocycles. The first-order valence-electron chi connectivity index (χ1n) is 27.3. The van der Waals surface area contributed by atoms with Gasteiger partial charge in [-0.25, -0.2) is 0 Å². The molecule has 0 bridgehead atoms. The maximum absolute atomic E-state index is 7.71. The van der Waals surface area contributed by atoms with Crippen LogP contribution in [0.15, 0.2) is 180 Å². The molecule has 0 N–H and O–H groups in total. The van der Waals surface area contributed by atoms with Crippen LogP contribution in [0.4, 0.5) is 51.2 Å². The number of para-hydroxylation sites is 2. The molecule has 1 aliphatic carbocycles. The van der Waals surface area contributed by atoms with Gasteiger partial charge in [-0.15, -0.1) is 0 Å². The molecule has 0 spiro atoms. The quantitative estimate of drug-likeness (QED) is 0.155. The summed E-state index contributed by atoms with van der Waals surface area (Å²) in [5.41, 5.74) is 23.4. The van der Waals surface area contributed by atoms with Crippen molar-refractivity contribution >= 4 is 85.5 Å². The third-order valence-electron chi connectivity index (χ3n) is 17.0. The van der Waals surface area contributed by atoms with Gasteiger partial charge >= 0.3 is 0 Å². The van der Waals surface area contributed by atoms with Gasteiger partial charge in [0.25, 0.3) is 6.71 Å². The van der Waals surface area contributed by atoms with Gasteiger partial charge in [0.15, 0.2) is 0 Å². The number of fused-ring (bicyclic) bond motifs is 7. The Morgan fingerprint density at radius 1 is 0.467 bits per heavy atom. The van der Waals surface area contributed by atoms with Gasteiger partial charge in [-0.05, 0) is 163 Å². The molecule has 0 atom stereocenters. The highest BCUT2D eigenvalue weighted by atomic mass is 16.3. The first-order chi connectivity index (χ1) is 35.6. The van der Waals surface area contributed by atoms with Gasteiger partial charge in [0.2, 0.25) is 0 Å². The van der Waals surface area contributed by atoms with Crippen molar-refractivity contribution in [1.82, 2.24) is 0 Å². The zero-order valence-electron chi connectivity index (χ0n) is 46.5. The SMILES string of the molecule is CC(C)(C)c1ccc(N2c3cc(N(c4ccccc4)c4ccccc4)cc4c3B(c3cc(C(C)(C)C)ccc3N4c3ccc(C(C)(C)C)cc3-c3ccccc3)c3oc4cc5c(cc4c32)C(C)(C)CCC5(C)C)cc1. The highest BCUT2D eigenvalue weighted by Gasteiger charge is 2.49. The van der Waals surface area contributed by atoms with E-state index in [1.807, 2.05) is 0 Å². The summed E-state index contributed by atoms with van der Waals surface area (Å²) in [4.78, 5) is 7.61. The van der Waals surface area contributed by atoms with Crippen LogP contribution in [-0.4, -0.2) is 6.71 Å². The van der Waals surface area contributed by atoms with Crippen molar-refractivity contribution in [3.8, 4) is 11.1 Å². The molecular formula is C70H72BN3O. The van der Waals surface area contributed by atoms with Gasteiger partial charge in [-0.1, -0.05) is 187 Å². The predicted molar refractivity (Wildman–Crippen MR) is 322 cm³/mol. The third kappa shape index (κ3) is 8.12. The molecule has 0 saturated carbocycles. The fourth-order valence-electron chi connectivity index (χ4n) is 12.4. The molecule has 0 amide bonds. The Hall–Kier alpha value is -7.24. The lowest BCUT2D eigenvalue weighted by atomic mass is 9.35. The average molecular weight is 982 g/mol. The Labute approximate surface area is 447 Å². The minimum Gasteiger partial charge on any atom is -0.468 e. The highest BCUT2D eigenvalue weighted by molar-refractivity contribution is 7.00. The third-order valence-corrected chi connectivity index (χ3v) is 17.0. The number of hydrogen-bond donors (Lipinski definition) is 0. The fourth-order valence-corrected chi connectivity index (χ4v) is 12.4. The second-order valence-electron chi connectivity index (χ2n) is 26.2. The molecule has 0 radical (unpaired) electrons. The number of furan rings is 1. The molecule has 376 valence electrons. The fraction of sp³-hybridized carbons (Fsp3) is 0.286. The van der Waals surface area contributed by atoms with Crippen LogP contribution in [0.3, 0.4) is 0 Å². The van der Waals surface area contributed by atoms with Crippen LogP contribution in [0.25, 0.3) is 22.1 Å². The molecule has 3 heterocycles. The topological polar surface area (TPSA) is 22.9 Å². The maximum Gasteiger partial charge on any atom is 0.297 e. The molecule has 0 unspecified atom stereocenters. The van der Waals surface area contributed by atoms with Crippen LogP contribution in [0.5, 0.6) is 0 Å². The summed E-state index contributed by atoms with van der Waals surface area (Å²) in [5.74, 6) is 0. The summed E-state index contributed by atoms with van der Waals surface area (Å²) in [5, 5.41) is 1.16. The maximum atomic E-state index is 7.71. The first kappa shape index (κ1) is 48.7. The summed E-state index contributed by atoms with van der Waals surface area (Å²) >= 11 is 0. The zero-order valence-corrected chi connectivity index (χ0v) is 46.5. The van der Waals surface area contributed by atoms with E-state index in [9.17, 15) is 0 Å². The largest absolute Gasteiger partial charge is 0.468 e. The Morgan fingerprint density at radius 2 is 0.960 bits per heavy atom. The number of rotatable bonds is 6. The van der Waals surface area contributed by atoms with E-state index in [1.165, 1.54) is 49.9 Å². The zero-order chi connectivity index (χ0) is 52.6. The van der Waals surface area contributed by atoms with Crippen molar-refractivity contribution in [1.29, 1.82) is 0 Å². The molecule has 0 saturated heterocycles. The molecule has 9 aromatic rings. The first-order valence-corrected chi connectivity index (χ1v) is 27.3. The summed E-state index contributed by atoms with van der Waals surface area (Å²) < 4.78 is 7.71. The van der Waals surface area contributed by atoms with Crippen LogP contribution in [0, 0.1) is 0 Å². The lowest BCUT2D eigenvalue weighted by Gasteiger charge is -2.44. The number of benzene rings is 8. The van der Waals surface area contributed by atoms with Crippen molar-refractivity contribution in [3.63, 3.8) is 0 Å². The van der Waals surface area contributed by atoms with E-state index in [0.717, 1.165) is 80.7 Å². The van der Waals surface area contributed by atoms with E-state index < -0.39 is 0 Å². The average Bonchev–Trinajstić information content (AvgIpc) is 3.81. The molecule has 75 heavy (non-hydrogen) atoms. The highest BCUT2D eigenvalue weighted by Crippen LogP contribution is 2.54. The molecule has 12 rings (SSSR count). The lowest BCUT2D eigenvalue weighted by molar-refractivity contribution is 0.332. The van der Waals surface area contributed by atoms with Crippen LogP contribution >= 0.6 is 0 Å². The molecule has 1 aromatic heterocycles. The van der Waals surface area contributed by atoms with Crippen molar-refractivity contribution in [3.05, 3.63) is 204 Å². The molecular weight excluding hydrogens is 910 g/mol. The van der Waals surface area contributed by atoms with E-state index in [0.29, 0.717) is 0 Å². The summed E-state index contributed by atoms with van der Waals surface area (Å²) in [6.07, 6.45) is 2.26. The lowest BCUT2D eigenvalue weighted by Crippen LogP contribution is -2.61. The minimum absolute atomic E-state index is 0.000283. The second kappa shape index (κ2) is 17.1.